The zero-order valence-corrected chi connectivity index (χ0v) is 14.5. The van der Waals surface area contributed by atoms with Gasteiger partial charge in [-0.2, -0.15) is 0 Å². The predicted octanol–water partition coefficient (Wildman–Crippen LogP) is 1.87. The van der Waals surface area contributed by atoms with Crippen molar-refractivity contribution in [3.05, 3.63) is 35.9 Å². The minimum Gasteiger partial charge on any atom is -0.375 e. The van der Waals surface area contributed by atoms with Crippen molar-refractivity contribution in [2.75, 3.05) is 6.61 Å². The van der Waals surface area contributed by atoms with Gasteiger partial charge in [-0.15, -0.1) is 0 Å². The molecule has 6 nitrogen and oxygen atoms in total. The van der Waals surface area contributed by atoms with Gasteiger partial charge in [0.05, 0.1) is 5.60 Å². The fourth-order valence-electron chi connectivity index (χ4n) is 4.05. The van der Waals surface area contributed by atoms with Crippen LogP contribution in [0, 0.1) is 0 Å². The second kappa shape index (κ2) is 7.87. The van der Waals surface area contributed by atoms with Gasteiger partial charge < -0.3 is 21.1 Å². The average Bonchev–Trinajstić information content (AvgIpc) is 3.02. The molecule has 4 N–H and O–H groups in total. The average molecular weight is 345 g/mol. The smallest absolute Gasteiger partial charge is 0.312 e. The first-order chi connectivity index (χ1) is 12.1. The van der Waals surface area contributed by atoms with E-state index in [0.29, 0.717) is 13.0 Å². The zero-order chi connectivity index (χ0) is 17.7. The molecule has 0 bridgehead atoms. The van der Waals surface area contributed by atoms with Crippen molar-refractivity contribution in [2.24, 2.45) is 5.73 Å². The molecule has 0 radical (unpaired) electrons. The van der Waals surface area contributed by atoms with Crippen molar-refractivity contribution < 1.29 is 14.3 Å². The lowest BCUT2D eigenvalue weighted by molar-refractivity contribution is -0.127. The first-order valence-electron chi connectivity index (χ1n) is 9.11. The molecule has 0 aromatic heterocycles. The van der Waals surface area contributed by atoms with E-state index in [1.807, 2.05) is 30.3 Å². The van der Waals surface area contributed by atoms with Crippen molar-refractivity contribution >= 4 is 11.9 Å². The zero-order valence-electron chi connectivity index (χ0n) is 14.5. The summed E-state index contributed by atoms with van der Waals surface area (Å²) in [5.41, 5.74) is 6.19. The third-order valence-corrected chi connectivity index (χ3v) is 5.27. The van der Waals surface area contributed by atoms with Crippen LogP contribution in [0.5, 0.6) is 0 Å². The van der Waals surface area contributed by atoms with Gasteiger partial charge in [0.25, 0.3) is 0 Å². The molecular formula is C19H27N3O3. The number of hydrogen-bond donors (Lipinski definition) is 3. The SMILES string of the molecule is NC(=O)NC(Cc1ccccc1)C(=O)NC1CCOC2(CCCC2)C1. The number of primary amides is 1. The fourth-order valence-corrected chi connectivity index (χ4v) is 4.05. The quantitative estimate of drug-likeness (QED) is 0.760. The lowest BCUT2D eigenvalue weighted by Crippen LogP contribution is -2.54. The number of ether oxygens (including phenoxy) is 1. The Labute approximate surface area is 148 Å². The van der Waals surface area contributed by atoms with Gasteiger partial charge in [-0.1, -0.05) is 43.2 Å². The Hall–Kier alpha value is -2.08. The third kappa shape index (κ3) is 4.72. The highest BCUT2D eigenvalue weighted by Crippen LogP contribution is 2.39. The van der Waals surface area contributed by atoms with Gasteiger partial charge in [-0.3, -0.25) is 4.79 Å². The first kappa shape index (κ1) is 17.7. The van der Waals surface area contributed by atoms with Crippen LogP contribution in [0.2, 0.25) is 0 Å². The predicted molar refractivity (Wildman–Crippen MR) is 95.0 cm³/mol. The Balaban J connectivity index is 1.62. The van der Waals surface area contributed by atoms with E-state index in [1.54, 1.807) is 0 Å². The van der Waals surface area contributed by atoms with Crippen LogP contribution in [0.4, 0.5) is 4.79 Å². The Morgan fingerprint density at radius 1 is 1.24 bits per heavy atom. The Morgan fingerprint density at radius 3 is 2.64 bits per heavy atom. The van der Waals surface area contributed by atoms with Gasteiger partial charge in [0.2, 0.25) is 5.91 Å². The molecule has 3 amide bonds. The maximum absolute atomic E-state index is 12.7. The van der Waals surface area contributed by atoms with Crippen LogP contribution in [0.15, 0.2) is 30.3 Å². The Bertz CT molecular complexity index is 599. The van der Waals surface area contributed by atoms with Gasteiger partial charge in [0.1, 0.15) is 6.04 Å². The number of carbonyl (C=O) groups is 2. The highest BCUT2D eigenvalue weighted by molar-refractivity contribution is 5.87. The van der Waals surface area contributed by atoms with Gasteiger partial charge >= 0.3 is 6.03 Å². The summed E-state index contributed by atoms with van der Waals surface area (Å²) in [4.78, 5) is 24.0. The molecule has 2 atom stereocenters. The Morgan fingerprint density at radius 2 is 1.96 bits per heavy atom. The molecule has 1 aromatic rings. The molecule has 25 heavy (non-hydrogen) atoms. The van der Waals surface area contributed by atoms with Crippen molar-refractivity contribution in [3.8, 4) is 0 Å². The molecule has 6 heteroatoms. The van der Waals surface area contributed by atoms with Crippen molar-refractivity contribution in [1.29, 1.82) is 0 Å². The van der Waals surface area contributed by atoms with Crippen LogP contribution in [-0.2, 0) is 16.0 Å². The largest absolute Gasteiger partial charge is 0.375 e. The molecule has 3 rings (SSSR count). The summed E-state index contributed by atoms with van der Waals surface area (Å²) in [6.45, 7) is 0.678. The van der Waals surface area contributed by atoms with E-state index in [0.717, 1.165) is 31.2 Å². The summed E-state index contributed by atoms with van der Waals surface area (Å²) in [6, 6.07) is 8.36. The first-order valence-corrected chi connectivity index (χ1v) is 9.11. The molecule has 1 saturated heterocycles. The van der Waals surface area contributed by atoms with Crippen LogP contribution in [0.25, 0.3) is 0 Å². The number of hydrogen-bond acceptors (Lipinski definition) is 3. The molecule has 1 aromatic carbocycles. The number of nitrogens with two attached hydrogens (primary N) is 1. The summed E-state index contributed by atoms with van der Waals surface area (Å²) >= 11 is 0. The van der Waals surface area contributed by atoms with E-state index in [-0.39, 0.29) is 17.6 Å². The number of urea groups is 1. The van der Waals surface area contributed by atoms with Gasteiger partial charge in [0, 0.05) is 19.1 Å². The number of carbonyl (C=O) groups excluding carboxylic acids is 2. The maximum Gasteiger partial charge on any atom is 0.312 e. The van der Waals surface area contributed by atoms with Gasteiger partial charge in [0.15, 0.2) is 0 Å². The van der Waals surface area contributed by atoms with Crippen LogP contribution in [-0.4, -0.2) is 36.2 Å². The maximum atomic E-state index is 12.7. The van der Waals surface area contributed by atoms with E-state index in [4.69, 9.17) is 10.5 Å². The lowest BCUT2D eigenvalue weighted by Gasteiger charge is -2.39. The standard InChI is InChI=1S/C19H27N3O3/c20-18(24)22-16(12-14-6-2-1-3-7-14)17(23)21-15-8-11-25-19(13-15)9-4-5-10-19/h1-3,6-7,15-16H,4-5,8-13H2,(H,21,23)(H3,20,22,24). The van der Waals surface area contributed by atoms with E-state index in [1.165, 1.54) is 12.8 Å². The van der Waals surface area contributed by atoms with Crippen LogP contribution < -0.4 is 16.4 Å². The molecule has 2 unspecified atom stereocenters. The topological polar surface area (TPSA) is 93.5 Å². The summed E-state index contributed by atoms with van der Waals surface area (Å²) in [6.07, 6.45) is 6.62. The summed E-state index contributed by atoms with van der Waals surface area (Å²) in [5, 5.41) is 5.68. The highest BCUT2D eigenvalue weighted by Gasteiger charge is 2.40. The van der Waals surface area contributed by atoms with Crippen LogP contribution >= 0.6 is 0 Å². The summed E-state index contributed by atoms with van der Waals surface area (Å²) < 4.78 is 6.02. The van der Waals surface area contributed by atoms with Crippen molar-refractivity contribution in [3.63, 3.8) is 0 Å². The molecule has 1 saturated carbocycles. The molecule has 2 fully saturated rings. The normalized spacial score (nSPS) is 23.1. The number of amides is 3. The number of benzene rings is 1. The van der Waals surface area contributed by atoms with Crippen LogP contribution in [0.1, 0.15) is 44.1 Å². The monoisotopic (exact) mass is 345 g/mol. The van der Waals surface area contributed by atoms with Crippen LogP contribution in [0.3, 0.4) is 0 Å². The van der Waals surface area contributed by atoms with Gasteiger partial charge in [-0.25, -0.2) is 4.79 Å². The van der Waals surface area contributed by atoms with E-state index in [2.05, 4.69) is 10.6 Å². The highest BCUT2D eigenvalue weighted by atomic mass is 16.5. The summed E-state index contributed by atoms with van der Waals surface area (Å²) in [7, 11) is 0. The molecule has 1 aliphatic heterocycles. The number of rotatable bonds is 5. The van der Waals surface area contributed by atoms with Crippen molar-refractivity contribution in [2.45, 2.75) is 62.6 Å². The summed E-state index contributed by atoms with van der Waals surface area (Å²) in [5.74, 6) is -0.178. The minimum atomic E-state index is -0.685. The molecule has 1 spiro atoms. The second-order valence-corrected chi connectivity index (χ2v) is 7.19. The molecule has 1 heterocycles. The second-order valence-electron chi connectivity index (χ2n) is 7.19. The third-order valence-electron chi connectivity index (χ3n) is 5.27. The molecule has 1 aliphatic carbocycles. The Kier molecular flexibility index (Phi) is 5.58. The lowest BCUT2D eigenvalue weighted by atomic mass is 9.88. The van der Waals surface area contributed by atoms with E-state index in [9.17, 15) is 9.59 Å². The minimum absolute atomic E-state index is 0.0533. The van der Waals surface area contributed by atoms with E-state index >= 15 is 0 Å². The molecule has 2 aliphatic rings. The molecular weight excluding hydrogens is 318 g/mol. The van der Waals surface area contributed by atoms with Gasteiger partial charge in [-0.05, 0) is 31.2 Å². The fraction of sp³-hybridized carbons (Fsp3) is 0.579. The van der Waals surface area contributed by atoms with E-state index < -0.39 is 12.1 Å². The number of nitrogens with one attached hydrogen (secondary N) is 2. The van der Waals surface area contributed by atoms with Crippen molar-refractivity contribution in [1.82, 2.24) is 10.6 Å². The molecule has 136 valence electrons.